The summed E-state index contributed by atoms with van der Waals surface area (Å²) < 4.78 is 1.81. The Balaban J connectivity index is 2.44. The molecule has 0 radical (unpaired) electrons. The Labute approximate surface area is 108 Å². The van der Waals surface area contributed by atoms with Crippen LogP contribution in [0.5, 0.6) is 0 Å². The van der Waals surface area contributed by atoms with Crippen LogP contribution in [-0.4, -0.2) is 9.55 Å². The van der Waals surface area contributed by atoms with Gasteiger partial charge in [-0.2, -0.15) is 0 Å². The molecule has 1 aromatic carbocycles. The molecule has 0 unspecified atom stereocenters. The molecule has 1 aliphatic heterocycles. The minimum atomic E-state index is 0.0952. The second kappa shape index (κ2) is 3.95. The number of aromatic nitrogens is 2. The summed E-state index contributed by atoms with van der Waals surface area (Å²) in [6.45, 7) is 2.78. The van der Waals surface area contributed by atoms with Gasteiger partial charge in [0.1, 0.15) is 5.82 Å². The largest absolute Gasteiger partial charge is 0.295 e. The van der Waals surface area contributed by atoms with Crippen LogP contribution in [0.1, 0.15) is 29.1 Å². The lowest BCUT2D eigenvalue weighted by atomic mass is 10.1. The molecule has 1 aliphatic rings. The van der Waals surface area contributed by atoms with Gasteiger partial charge in [0.25, 0.3) is 5.56 Å². The number of benzene rings is 1. The highest BCUT2D eigenvalue weighted by atomic mass is 79.9. The molecule has 88 valence electrons. The average molecular weight is 293 g/mol. The smallest absolute Gasteiger partial charge is 0.261 e. The van der Waals surface area contributed by atoms with Crippen molar-refractivity contribution in [3.05, 3.63) is 39.9 Å². The summed E-state index contributed by atoms with van der Waals surface area (Å²) in [7, 11) is 0. The van der Waals surface area contributed by atoms with E-state index in [1.54, 1.807) is 0 Å². The van der Waals surface area contributed by atoms with Crippen LogP contribution >= 0.6 is 15.9 Å². The van der Waals surface area contributed by atoms with Crippen LogP contribution in [-0.2, 0) is 6.54 Å². The van der Waals surface area contributed by atoms with Gasteiger partial charge in [0.05, 0.1) is 15.7 Å². The van der Waals surface area contributed by atoms with Gasteiger partial charge in [-0.3, -0.25) is 9.36 Å². The number of aryl methyl sites for hydroxylation is 1. The maximum Gasteiger partial charge on any atom is 0.261 e. The highest BCUT2D eigenvalue weighted by Gasteiger charge is 2.21. The monoisotopic (exact) mass is 292 g/mol. The fraction of sp³-hybridized carbons (Fsp3) is 0.385. The summed E-state index contributed by atoms with van der Waals surface area (Å²) in [6.07, 6.45) is 2.08. The molecule has 3 nitrogen and oxygen atoms in total. The van der Waals surface area contributed by atoms with Gasteiger partial charge in [0, 0.05) is 6.54 Å². The van der Waals surface area contributed by atoms with Crippen LogP contribution in [0.25, 0.3) is 10.9 Å². The topological polar surface area (TPSA) is 34.9 Å². The number of hydrogen-bond acceptors (Lipinski definition) is 2. The number of halogens is 1. The Morgan fingerprint density at radius 1 is 1.47 bits per heavy atom. The van der Waals surface area contributed by atoms with E-state index in [2.05, 4.69) is 20.9 Å². The normalized spacial score (nSPS) is 19.3. The van der Waals surface area contributed by atoms with E-state index in [0.717, 1.165) is 41.7 Å². The Bertz CT molecular complexity index is 648. The zero-order valence-electron chi connectivity index (χ0n) is 9.61. The molecule has 17 heavy (non-hydrogen) atoms. The van der Waals surface area contributed by atoms with Crippen LogP contribution in [0.2, 0.25) is 0 Å². The number of nitrogens with zero attached hydrogens (tertiary/aromatic N) is 2. The fourth-order valence-corrected chi connectivity index (χ4v) is 3.09. The van der Waals surface area contributed by atoms with Crippen LogP contribution in [0, 0.1) is 6.92 Å². The molecule has 2 aromatic rings. The van der Waals surface area contributed by atoms with Gasteiger partial charge in [-0.05, 0) is 31.4 Å². The highest BCUT2D eigenvalue weighted by Crippen LogP contribution is 2.30. The van der Waals surface area contributed by atoms with E-state index in [1.807, 2.05) is 29.7 Å². The van der Waals surface area contributed by atoms with Crippen molar-refractivity contribution < 1.29 is 0 Å². The second-order valence-corrected chi connectivity index (χ2v) is 5.61. The van der Waals surface area contributed by atoms with E-state index in [9.17, 15) is 4.79 Å². The highest BCUT2D eigenvalue weighted by molar-refractivity contribution is 9.09. The van der Waals surface area contributed by atoms with Crippen LogP contribution in [0.4, 0.5) is 0 Å². The maximum atomic E-state index is 12.4. The third-order valence-corrected chi connectivity index (χ3v) is 4.20. The fourth-order valence-electron chi connectivity index (χ4n) is 2.42. The van der Waals surface area contributed by atoms with Crippen molar-refractivity contribution in [2.45, 2.75) is 31.1 Å². The molecular weight excluding hydrogens is 280 g/mol. The molecule has 3 rings (SSSR count). The van der Waals surface area contributed by atoms with E-state index in [-0.39, 0.29) is 10.4 Å². The van der Waals surface area contributed by atoms with Gasteiger partial charge in [0.2, 0.25) is 0 Å². The first-order valence-electron chi connectivity index (χ1n) is 5.82. The van der Waals surface area contributed by atoms with Gasteiger partial charge in [-0.15, -0.1) is 0 Å². The Hall–Kier alpha value is -1.16. The summed E-state index contributed by atoms with van der Waals surface area (Å²) in [5.41, 5.74) is 2.00. The van der Waals surface area contributed by atoms with Crippen LogP contribution in [0.15, 0.2) is 23.0 Å². The molecule has 1 aromatic heterocycles. The average Bonchev–Trinajstić information content (AvgIpc) is 2.32. The predicted octanol–water partition coefficient (Wildman–Crippen LogP) is 2.93. The molecule has 4 heteroatoms. The van der Waals surface area contributed by atoms with Crippen LogP contribution in [0.3, 0.4) is 0 Å². The number of alkyl halides is 1. The Morgan fingerprint density at radius 3 is 3.12 bits per heavy atom. The Kier molecular flexibility index (Phi) is 2.54. The number of hydrogen-bond donors (Lipinski definition) is 0. The summed E-state index contributed by atoms with van der Waals surface area (Å²) in [6, 6.07) is 5.78. The van der Waals surface area contributed by atoms with Gasteiger partial charge in [0.15, 0.2) is 0 Å². The summed E-state index contributed by atoms with van der Waals surface area (Å²) in [5, 5.41) is 0.732. The number of para-hydroxylation sites is 1. The minimum Gasteiger partial charge on any atom is -0.295 e. The van der Waals surface area contributed by atoms with Crippen molar-refractivity contribution in [3.8, 4) is 0 Å². The van der Waals surface area contributed by atoms with Gasteiger partial charge in [-0.25, -0.2) is 4.98 Å². The molecular formula is C13H13BrN2O. The van der Waals surface area contributed by atoms with Crippen molar-refractivity contribution in [2.75, 3.05) is 0 Å². The third-order valence-electron chi connectivity index (χ3n) is 3.34. The van der Waals surface area contributed by atoms with Gasteiger partial charge in [-0.1, -0.05) is 28.1 Å². The molecule has 0 amide bonds. The van der Waals surface area contributed by atoms with E-state index in [1.165, 1.54) is 0 Å². The van der Waals surface area contributed by atoms with E-state index < -0.39 is 0 Å². The second-order valence-electron chi connectivity index (χ2n) is 4.51. The van der Waals surface area contributed by atoms with Crippen molar-refractivity contribution in [3.63, 3.8) is 0 Å². The van der Waals surface area contributed by atoms with Crippen molar-refractivity contribution >= 4 is 26.8 Å². The number of rotatable bonds is 0. The maximum absolute atomic E-state index is 12.4. The molecule has 0 N–H and O–H groups in total. The minimum absolute atomic E-state index is 0.0952. The number of fused-ring (bicyclic) bond motifs is 2. The van der Waals surface area contributed by atoms with Gasteiger partial charge >= 0.3 is 0 Å². The molecule has 0 saturated carbocycles. The Morgan fingerprint density at radius 2 is 2.29 bits per heavy atom. The van der Waals surface area contributed by atoms with Crippen molar-refractivity contribution in [1.29, 1.82) is 0 Å². The molecule has 0 bridgehead atoms. The SMILES string of the molecule is Cc1cccc2c(=O)n3c(nc12)[C@@H](Br)CCC3. The standard InChI is InChI=1S/C13H13BrN2O/c1-8-4-2-5-9-11(8)15-12-10(14)6-3-7-16(12)13(9)17/h2,4-5,10H,3,6-7H2,1H3/t10-/m0/s1. The lowest BCUT2D eigenvalue weighted by molar-refractivity contribution is 0.498. The summed E-state index contributed by atoms with van der Waals surface area (Å²) in [4.78, 5) is 17.2. The van der Waals surface area contributed by atoms with Crippen molar-refractivity contribution in [2.24, 2.45) is 0 Å². The van der Waals surface area contributed by atoms with Crippen LogP contribution < -0.4 is 5.56 Å². The lowest BCUT2D eigenvalue weighted by Gasteiger charge is -2.22. The molecule has 2 heterocycles. The van der Waals surface area contributed by atoms with Crippen molar-refractivity contribution in [1.82, 2.24) is 9.55 Å². The molecule has 0 saturated heterocycles. The van der Waals surface area contributed by atoms with E-state index in [4.69, 9.17) is 0 Å². The lowest BCUT2D eigenvalue weighted by Crippen LogP contribution is -2.29. The van der Waals surface area contributed by atoms with E-state index >= 15 is 0 Å². The first-order valence-corrected chi connectivity index (χ1v) is 6.74. The first kappa shape index (κ1) is 11.0. The quantitative estimate of drug-likeness (QED) is 0.700. The molecule has 1 atom stereocenters. The zero-order valence-corrected chi connectivity index (χ0v) is 11.2. The third kappa shape index (κ3) is 1.62. The summed E-state index contributed by atoms with van der Waals surface area (Å²) >= 11 is 3.61. The van der Waals surface area contributed by atoms with E-state index in [0.29, 0.717) is 0 Å². The zero-order chi connectivity index (χ0) is 12.0. The molecule has 0 spiro atoms. The predicted molar refractivity (Wildman–Crippen MR) is 71.6 cm³/mol. The van der Waals surface area contributed by atoms with Gasteiger partial charge < -0.3 is 0 Å². The first-order chi connectivity index (χ1) is 8.18. The molecule has 0 fully saturated rings. The summed E-state index contributed by atoms with van der Waals surface area (Å²) in [5.74, 6) is 0.878. The molecule has 0 aliphatic carbocycles.